The first-order chi connectivity index (χ1) is 11.3. The van der Waals surface area contributed by atoms with Gasteiger partial charge in [0.05, 0.1) is 22.0 Å². The van der Waals surface area contributed by atoms with Crippen LogP contribution >= 0.6 is 0 Å². The van der Waals surface area contributed by atoms with E-state index >= 15 is 0 Å². The SMILES string of the molecule is C#Cc1nc(-c2ccc(S(=O)(=O)C(C)C)cc2)cnc1OC(N)=O. The predicted molar refractivity (Wildman–Crippen MR) is 87.9 cm³/mol. The van der Waals surface area contributed by atoms with Crippen LogP contribution in [0.1, 0.15) is 19.5 Å². The lowest BCUT2D eigenvalue weighted by atomic mass is 10.1. The van der Waals surface area contributed by atoms with Crippen LogP contribution in [0.3, 0.4) is 0 Å². The van der Waals surface area contributed by atoms with Crippen LogP contribution in [0, 0.1) is 12.3 Å². The van der Waals surface area contributed by atoms with Gasteiger partial charge in [-0.05, 0) is 31.9 Å². The van der Waals surface area contributed by atoms with E-state index in [9.17, 15) is 13.2 Å². The van der Waals surface area contributed by atoms with Crippen LogP contribution in [0.4, 0.5) is 4.79 Å². The summed E-state index contributed by atoms with van der Waals surface area (Å²) in [6.45, 7) is 3.23. The van der Waals surface area contributed by atoms with Crippen molar-refractivity contribution in [1.82, 2.24) is 9.97 Å². The molecular formula is C16H15N3O4S. The molecule has 0 saturated heterocycles. The third-order valence-electron chi connectivity index (χ3n) is 3.17. The number of nitrogens with two attached hydrogens (primary N) is 1. The van der Waals surface area contributed by atoms with Crippen LogP contribution in [0.25, 0.3) is 11.3 Å². The van der Waals surface area contributed by atoms with Gasteiger partial charge >= 0.3 is 6.09 Å². The molecule has 0 bridgehead atoms. The smallest absolute Gasteiger partial charge is 0.388 e. The summed E-state index contributed by atoms with van der Waals surface area (Å²) in [5, 5.41) is -0.513. The molecule has 2 aromatic rings. The number of aromatic nitrogens is 2. The summed E-state index contributed by atoms with van der Waals surface area (Å²) in [5.74, 6) is 2.10. The van der Waals surface area contributed by atoms with Gasteiger partial charge in [0.25, 0.3) is 5.88 Å². The number of hydrogen-bond donors (Lipinski definition) is 1. The summed E-state index contributed by atoms with van der Waals surface area (Å²) in [6.07, 6.45) is 5.63. The molecule has 1 aromatic heterocycles. The standard InChI is InChI=1S/C16H15N3O4S/c1-4-13-15(23-16(17)20)18-9-14(19-13)11-5-7-12(8-6-11)24(21,22)10(2)3/h1,5-10H,2-3H3,(H2,17,20). The van der Waals surface area contributed by atoms with Gasteiger partial charge in [0.2, 0.25) is 0 Å². The van der Waals surface area contributed by atoms with Gasteiger partial charge in [-0.25, -0.2) is 23.2 Å². The van der Waals surface area contributed by atoms with Crippen molar-refractivity contribution in [2.45, 2.75) is 24.0 Å². The number of benzene rings is 1. The molecule has 0 unspecified atom stereocenters. The first-order valence-electron chi connectivity index (χ1n) is 6.91. The maximum absolute atomic E-state index is 12.1. The summed E-state index contributed by atoms with van der Waals surface area (Å²) in [4.78, 5) is 19.1. The Balaban J connectivity index is 2.40. The molecule has 1 amide bonds. The number of hydrogen-bond acceptors (Lipinski definition) is 6. The second-order valence-electron chi connectivity index (χ2n) is 5.09. The van der Waals surface area contributed by atoms with Crippen LogP contribution in [0.5, 0.6) is 5.88 Å². The third kappa shape index (κ3) is 3.52. The van der Waals surface area contributed by atoms with Crippen molar-refractivity contribution in [3.8, 4) is 29.5 Å². The molecule has 0 saturated carbocycles. The van der Waals surface area contributed by atoms with Crippen molar-refractivity contribution in [2.75, 3.05) is 0 Å². The van der Waals surface area contributed by atoms with E-state index in [0.717, 1.165) is 0 Å². The number of primary amides is 1. The Morgan fingerprint density at radius 3 is 2.42 bits per heavy atom. The second-order valence-corrected chi connectivity index (χ2v) is 7.60. The van der Waals surface area contributed by atoms with Crippen molar-refractivity contribution in [3.63, 3.8) is 0 Å². The highest BCUT2D eigenvalue weighted by molar-refractivity contribution is 7.92. The molecule has 0 spiro atoms. The number of sulfone groups is 1. The van der Waals surface area contributed by atoms with Crippen LogP contribution in [0.15, 0.2) is 35.4 Å². The molecule has 2 N–H and O–H groups in total. The molecule has 0 fully saturated rings. The molecule has 1 aromatic carbocycles. The monoisotopic (exact) mass is 345 g/mol. The lowest BCUT2D eigenvalue weighted by Crippen LogP contribution is -2.18. The van der Waals surface area contributed by atoms with Gasteiger partial charge in [-0.1, -0.05) is 12.1 Å². The zero-order valence-electron chi connectivity index (χ0n) is 13.1. The number of amides is 1. The second kappa shape index (κ2) is 6.68. The molecule has 0 atom stereocenters. The Labute approximate surface area is 139 Å². The van der Waals surface area contributed by atoms with E-state index in [-0.39, 0.29) is 16.5 Å². The minimum Gasteiger partial charge on any atom is -0.388 e. The fourth-order valence-corrected chi connectivity index (χ4v) is 2.93. The number of carbonyl (C=O) groups excluding carboxylic acids is 1. The van der Waals surface area contributed by atoms with Gasteiger partial charge < -0.3 is 10.5 Å². The average molecular weight is 345 g/mol. The van der Waals surface area contributed by atoms with E-state index in [2.05, 4.69) is 20.6 Å². The number of ether oxygens (including phenoxy) is 1. The molecule has 7 nitrogen and oxygen atoms in total. The predicted octanol–water partition coefficient (Wildman–Crippen LogP) is 1.76. The maximum atomic E-state index is 12.1. The minimum atomic E-state index is -3.35. The topological polar surface area (TPSA) is 112 Å². The van der Waals surface area contributed by atoms with Crippen LogP contribution in [0.2, 0.25) is 0 Å². The Morgan fingerprint density at radius 1 is 1.29 bits per heavy atom. The molecule has 8 heteroatoms. The number of nitrogens with zero attached hydrogens (tertiary/aromatic N) is 2. The highest BCUT2D eigenvalue weighted by atomic mass is 32.2. The first-order valence-corrected chi connectivity index (χ1v) is 8.45. The highest BCUT2D eigenvalue weighted by Gasteiger charge is 2.19. The number of terminal acetylenes is 1. The van der Waals surface area contributed by atoms with Crippen LogP contribution in [-0.2, 0) is 9.84 Å². The first kappa shape index (κ1) is 17.4. The zero-order chi connectivity index (χ0) is 17.9. The van der Waals surface area contributed by atoms with Gasteiger partial charge in [-0.15, -0.1) is 6.42 Å². The molecular weight excluding hydrogens is 330 g/mol. The van der Waals surface area contributed by atoms with Crippen molar-refractivity contribution in [3.05, 3.63) is 36.2 Å². The minimum absolute atomic E-state index is 0.0187. The molecule has 0 aliphatic heterocycles. The van der Waals surface area contributed by atoms with E-state index in [4.69, 9.17) is 12.2 Å². The largest absolute Gasteiger partial charge is 0.411 e. The summed E-state index contributed by atoms with van der Waals surface area (Å²) < 4.78 is 28.9. The lowest BCUT2D eigenvalue weighted by Gasteiger charge is -2.09. The summed E-state index contributed by atoms with van der Waals surface area (Å²) in [5.41, 5.74) is 5.97. The van der Waals surface area contributed by atoms with Gasteiger partial charge in [-0.3, -0.25) is 0 Å². The van der Waals surface area contributed by atoms with Gasteiger partial charge in [0.1, 0.15) is 0 Å². The molecule has 0 radical (unpaired) electrons. The van der Waals surface area contributed by atoms with E-state index in [1.165, 1.54) is 18.3 Å². The lowest BCUT2D eigenvalue weighted by molar-refractivity contribution is 0.208. The van der Waals surface area contributed by atoms with Crippen molar-refractivity contribution >= 4 is 15.9 Å². The highest BCUT2D eigenvalue weighted by Crippen LogP contribution is 2.23. The number of carbonyl (C=O) groups is 1. The molecule has 0 aliphatic carbocycles. The summed E-state index contributed by atoms with van der Waals surface area (Å²) >= 11 is 0. The molecule has 24 heavy (non-hydrogen) atoms. The zero-order valence-corrected chi connectivity index (χ0v) is 13.9. The quantitative estimate of drug-likeness (QED) is 0.845. The van der Waals surface area contributed by atoms with Gasteiger partial charge in [-0.2, -0.15) is 0 Å². The average Bonchev–Trinajstić information content (AvgIpc) is 2.54. The van der Waals surface area contributed by atoms with E-state index in [1.54, 1.807) is 26.0 Å². The number of rotatable bonds is 4. The fourth-order valence-electron chi connectivity index (χ4n) is 1.87. The molecule has 1 heterocycles. The molecule has 0 aliphatic rings. The molecule has 124 valence electrons. The van der Waals surface area contributed by atoms with Crippen molar-refractivity contribution < 1.29 is 17.9 Å². The third-order valence-corrected chi connectivity index (χ3v) is 5.34. The Hall–Kier alpha value is -2.92. The van der Waals surface area contributed by atoms with E-state index in [1.807, 2.05) is 0 Å². The normalized spacial score (nSPS) is 11.1. The van der Waals surface area contributed by atoms with E-state index in [0.29, 0.717) is 11.3 Å². The Kier molecular flexibility index (Phi) is 4.85. The summed E-state index contributed by atoms with van der Waals surface area (Å²) in [6, 6.07) is 6.20. The molecule has 2 rings (SSSR count). The summed E-state index contributed by atoms with van der Waals surface area (Å²) in [7, 11) is -3.35. The van der Waals surface area contributed by atoms with Crippen LogP contribution in [-0.4, -0.2) is 29.7 Å². The van der Waals surface area contributed by atoms with Crippen molar-refractivity contribution in [2.24, 2.45) is 5.73 Å². The van der Waals surface area contributed by atoms with Gasteiger partial charge in [0, 0.05) is 5.56 Å². The van der Waals surface area contributed by atoms with Gasteiger partial charge in [0.15, 0.2) is 15.5 Å². The van der Waals surface area contributed by atoms with E-state index < -0.39 is 21.2 Å². The Bertz CT molecular complexity index is 913. The fraction of sp³-hybridized carbons (Fsp3) is 0.188. The Morgan fingerprint density at radius 2 is 1.92 bits per heavy atom. The maximum Gasteiger partial charge on any atom is 0.411 e. The van der Waals surface area contributed by atoms with Crippen molar-refractivity contribution in [1.29, 1.82) is 0 Å². The van der Waals surface area contributed by atoms with Crippen LogP contribution < -0.4 is 10.5 Å².